The fraction of sp³-hybridized carbons (Fsp3) is 0.143. The molecule has 0 aliphatic carbocycles. The van der Waals surface area contributed by atoms with E-state index >= 15 is 0 Å². The quantitative estimate of drug-likeness (QED) is 0.775. The lowest BCUT2D eigenvalue weighted by Gasteiger charge is -2.21. The molecule has 3 nitrogen and oxygen atoms in total. The number of hydrogen-bond acceptors (Lipinski definition) is 3. The second-order valence-electron chi connectivity index (χ2n) is 4.03. The predicted molar refractivity (Wildman–Crippen MR) is 68.1 cm³/mol. The molecule has 0 aliphatic heterocycles. The molecule has 1 aromatic carbocycles. The van der Waals surface area contributed by atoms with Crippen LogP contribution in [-0.2, 0) is 6.54 Å². The zero-order valence-electron chi connectivity index (χ0n) is 10.0. The zero-order chi connectivity index (χ0) is 13.0. The molecule has 1 heterocycles. The van der Waals surface area contributed by atoms with Gasteiger partial charge in [0.15, 0.2) is 6.29 Å². The summed E-state index contributed by atoms with van der Waals surface area (Å²) in [7, 11) is 1.86. The van der Waals surface area contributed by atoms with Gasteiger partial charge in [0.1, 0.15) is 5.82 Å². The van der Waals surface area contributed by atoms with Gasteiger partial charge in [-0.25, -0.2) is 4.39 Å². The fourth-order valence-electron chi connectivity index (χ4n) is 1.81. The zero-order valence-corrected chi connectivity index (χ0v) is 10.0. The molecule has 0 atom stereocenters. The topological polar surface area (TPSA) is 33.2 Å². The van der Waals surface area contributed by atoms with E-state index in [1.165, 1.54) is 12.1 Å². The van der Waals surface area contributed by atoms with Crippen molar-refractivity contribution in [2.45, 2.75) is 6.54 Å². The van der Waals surface area contributed by atoms with Crippen molar-refractivity contribution in [3.8, 4) is 0 Å². The largest absolute Gasteiger partial charge is 0.370 e. The number of nitrogens with zero attached hydrogens (tertiary/aromatic N) is 2. The molecule has 2 rings (SSSR count). The first-order valence-corrected chi connectivity index (χ1v) is 5.55. The van der Waals surface area contributed by atoms with Gasteiger partial charge in [-0.05, 0) is 35.9 Å². The summed E-state index contributed by atoms with van der Waals surface area (Å²) in [6.45, 7) is 0.634. The highest BCUT2D eigenvalue weighted by Gasteiger charge is 2.08. The van der Waals surface area contributed by atoms with Crippen LogP contribution in [0.3, 0.4) is 0 Å². The first-order valence-electron chi connectivity index (χ1n) is 5.55. The molecule has 0 aliphatic rings. The second-order valence-corrected chi connectivity index (χ2v) is 4.03. The van der Waals surface area contributed by atoms with Crippen LogP contribution in [0.5, 0.6) is 0 Å². The van der Waals surface area contributed by atoms with E-state index in [1.807, 2.05) is 24.1 Å². The first kappa shape index (κ1) is 12.2. The average molecular weight is 244 g/mol. The number of benzene rings is 1. The average Bonchev–Trinajstić information content (AvgIpc) is 2.39. The maximum atomic E-state index is 13.0. The molecule has 92 valence electrons. The van der Waals surface area contributed by atoms with Gasteiger partial charge < -0.3 is 4.90 Å². The third kappa shape index (κ3) is 2.71. The van der Waals surface area contributed by atoms with E-state index in [4.69, 9.17) is 0 Å². The SMILES string of the molecule is CN(Cc1ccncc1)c1ccc(F)cc1C=O. The molecule has 0 saturated heterocycles. The molecular formula is C14H13FN2O. The fourth-order valence-corrected chi connectivity index (χ4v) is 1.81. The van der Waals surface area contributed by atoms with Crippen molar-refractivity contribution in [3.05, 3.63) is 59.7 Å². The lowest BCUT2D eigenvalue weighted by molar-refractivity contribution is 0.112. The molecule has 0 spiro atoms. The summed E-state index contributed by atoms with van der Waals surface area (Å²) in [5.74, 6) is -0.404. The van der Waals surface area contributed by atoms with Crippen molar-refractivity contribution in [1.82, 2.24) is 4.98 Å². The summed E-state index contributed by atoms with van der Waals surface area (Å²) in [5, 5.41) is 0. The summed E-state index contributed by atoms with van der Waals surface area (Å²) in [4.78, 5) is 16.8. The minimum atomic E-state index is -0.404. The van der Waals surface area contributed by atoms with Gasteiger partial charge in [-0.3, -0.25) is 9.78 Å². The number of carbonyl (C=O) groups is 1. The highest BCUT2D eigenvalue weighted by atomic mass is 19.1. The number of halogens is 1. The lowest BCUT2D eigenvalue weighted by atomic mass is 10.1. The number of carbonyl (C=O) groups excluding carboxylic acids is 1. The minimum absolute atomic E-state index is 0.353. The Morgan fingerprint density at radius 2 is 2.00 bits per heavy atom. The van der Waals surface area contributed by atoms with Gasteiger partial charge in [-0.2, -0.15) is 0 Å². The Morgan fingerprint density at radius 1 is 1.28 bits per heavy atom. The Labute approximate surface area is 105 Å². The molecule has 1 aromatic heterocycles. The van der Waals surface area contributed by atoms with Crippen LogP contribution in [0.25, 0.3) is 0 Å². The van der Waals surface area contributed by atoms with Gasteiger partial charge >= 0.3 is 0 Å². The summed E-state index contributed by atoms with van der Waals surface area (Å²) < 4.78 is 13.0. The molecule has 0 radical (unpaired) electrons. The maximum absolute atomic E-state index is 13.0. The number of hydrogen-bond donors (Lipinski definition) is 0. The Hall–Kier alpha value is -2.23. The van der Waals surface area contributed by atoms with Gasteiger partial charge in [-0.15, -0.1) is 0 Å². The van der Waals surface area contributed by atoms with Crippen LogP contribution < -0.4 is 4.90 Å². The van der Waals surface area contributed by atoms with E-state index in [0.717, 1.165) is 5.56 Å². The lowest BCUT2D eigenvalue weighted by Crippen LogP contribution is -2.18. The normalized spacial score (nSPS) is 10.1. The molecule has 2 aromatic rings. The van der Waals surface area contributed by atoms with Crippen LogP contribution in [-0.4, -0.2) is 18.3 Å². The summed E-state index contributed by atoms with van der Waals surface area (Å²) in [5.41, 5.74) is 2.14. The summed E-state index contributed by atoms with van der Waals surface area (Å²) >= 11 is 0. The highest BCUT2D eigenvalue weighted by molar-refractivity contribution is 5.84. The van der Waals surface area contributed by atoms with Gasteiger partial charge in [0.05, 0.1) is 0 Å². The maximum Gasteiger partial charge on any atom is 0.152 e. The van der Waals surface area contributed by atoms with E-state index in [0.29, 0.717) is 24.1 Å². The van der Waals surface area contributed by atoms with E-state index in [2.05, 4.69) is 4.98 Å². The Bertz CT molecular complexity index is 543. The number of anilines is 1. The minimum Gasteiger partial charge on any atom is -0.370 e. The highest BCUT2D eigenvalue weighted by Crippen LogP contribution is 2.20. The molecule has 0 fully saturated rings. The Morgan fingerprint density at radius 3 is 2.67 bits per heavy atom. The van der Waals surface area contributed by atoms with Crippen LogP contribution in [0, 0.1) is 5.82 Å². The molecule has 18 heavy (non-hydrogen) atoms. The van der Waals surface area contributed by atoms with Crippen molar-refractivity contribution >= 4 is 12.0 Å². The Balaban J connectivity index is 2.23. The number of rotatable bonds is 4. The predicted octanol–water partition coefficient (Wildman–Crippen LogP) is 2.67. The molecule has 0 unspecified atom stereocenters. The van der Waals surface area contributed by atoms with Gasteiger partial charge in [0, 0.05) is 37.2 Å². The van der Waals surface area contributed by atoms with Gasteiger partial charge in [0.25, 0.3) is 0 Å². The van der Waals surface area contributed by atoms with Crippen LogP contribution in [0.4, 0.5) is 10.1 Å². The number of aldehydes is 1. The molecule has 0 bridgehead atoms. The monoisotopic (exact) mass is 244 g/mol. The van der Waals surface area contributed by atoms with E-state index in [-0.39, 0.29) is 0 Å². The standard InChI is InChI=1S/C14H13FN2O/c1-17(9-11-4-6-16-7-5-11)14-3-2-13(15)8-12(14)10-18/h2-8,10H,9H2,1H3. The van der Waals surface area contributed by atoms with Gasteiger partial charge in [-0.1, -0.05) is 0 Å². The van der Waals surface area contributed by atoms with Crippen LogP contribution in [0.1, 0.15) is 15.9 Å². The first-order chi connectivity index (χ1) is 8.70. The Kier molecular flexibility index (Phi) is 3.67. The van der Waals surface area contributed by atoms with Crippen molar-refractivity contribution in [2.24, 2.45) is 0 Å². The van der Waals surface area contributed by atoms with Crippen LogP contribution >= 0.6 is 0 Å². The molecule has 0 N–H and O–H groups in total. The molecule has 0 saturated carbocycles. The van der Waals surface area contributed by atoms with Crippen molar-refractivity contribution in [3.63, 3.8) is 0 Å². The summed E-state index contributed by atoms with van der Waals surface area (Å²) in [6.07, 6.45) is 4.10. The van der Waals surface area contributed by atoms with Gasteiger partial charge in [0.2, 0.25) is 0 Å². The van der Waals surface area contributed by atoms with E-state index in [9.17, 15) is 9.18 Å². The van der Waals surface area contributed by atoms with Crippen LogP contribution in [0.2, 0.25) is 0 Å². The van der Waals surface area contributed by atoms with Crippen molar-refractivity contribution < 1.29 is 9.18 Å². The summed E-state index contributed by atoms with van der Waals surface area (Å²) in [6, 6.07) is 8.01. The third-order valence-corrected chi connectivity index (χ3v) is 2.70. The number of aromatic nitrogens is 1. The third-order valence-electron chi connectivity index (χ3n) is 2.70. The van der Waals surface area contributed by atoms with Crippen molar-refractivity contribution in [2.75, 3.05) is 11.9 Å². The molecule has 0 amide bonds. The van der Waals surface area contributed by atoms with E-state index in [1.54, 1.807) is 18.5 Å². The second kappa shape index (κ2) is 5.40. The van der Waals surface area contributed by atoms with Crippen molar-refractivity contribution in [1.29, 1.82) is 0 Å². The van der Waals surface area contributed by atoms with E-state index < -0.39 is 5.82 Å². The van der Waals surface area contributed by atoms with Crippen LogP contribution in [0.15, 0.2) is 42.7 Å². The number of pyridine rings is 1. The smallest absolute Gasteiger partial charge is 0.152 e. The molecular weight excluding hydrogens is 231 g/mol. The molecule has 4 heteroatoms.